The topological polar surface area (TPSA) is 105 Å². The number of carboxylic acid groups (broad SMARTS) is 1. The van der Waals surface area contributed by atoms with E-state index in [2.05, 4.69) is 15.4 Å². The number of hydrogen-bond donors (Lipinski definition) is 3. The number of rotatable bonds is 5. The number of nitrogens with one attached hydrogen (secondary N) is 2. The Balaban J connectivity index is 2.51. The second-order valence-corrected chi connectivity index (χ2v) is 5.30. The molecular weight excluding hydrogens is 264 g/mol. The zero-order valence-electron chi connectivity index (χ0n) is 11.9. The number of carboxylic acids is 1. The van der Waals surface area contributed by atoms with Gasteiger partial charge in [-0.3, -0.25) is 4.79 Å². The van der Waals surface area contributed by atoms with Crippen LogP contribution in [-0.2, 0) is 14.3 Å². The van der Waals surface area contributed by atoms with Crippen molar-refractivity contribution in [3.05, 3.63) is 0 Å². The number of aliphatic carboxylic acids is 1. The third kappa shape index (κ3) is 4.40. The van der Waals surface area contributed by atoms with Crippen LogP contribution in [0.5, 0.6) is 0 Å². The fourth-order valence-electron chi connectivity index (χ4n) is 2.55. The minimum Gasteiger partial charge on any atom is -0.480 e. The fraction of sp³-hybridized carbons (Fsp3) is 0.769. The van der Waals surface area contributed by atoms with Crippen LogP contribution in [0, 0.1) is 5.92 Å². The first-order valence-electron chi connectivity index (χ1n) is 6.76. The van der Waals surface area contributed by atoms with E-state index in [1.807, 2.05) is 6.92 Å². The molecule has 2 unspecified atom stereocenters. The molecule has 3 N–H and O–H groups in total. The lowest BCUT2D eigenvalue weighted by molar-refractivity contribution is -0.146. The average molecular weight is 286 g/mol. The maximum atomic E-state index is 11.8. The van der Waals surface area contributed by atoms with Crippen LogP contribution in [-0.4, -0.2) is 42.3 Å². The second kappa shape index (κ2) is 7.12. The third-order valence-corrected chi connectivity index (χ3v) is 3.60. The summed E-state index contributed by atoms with van der Waals surface area (Å²) in [5, 5.41) is 14.4. The quantitative estimate of drug-likeness (QED) is 0.651. The number of amides is 2. The molecule has 0 aliphatic heterocycles. The van der Waals surface area contributed by atoms with Crippen molar-refractivity contribution in [3.8, 4) is 0 Å². The Morgan fingerprint density at radius 1 is 1.40 bits per heavy atom. The van der Waals surface area contributed by atoms with Crippen molar-refractivity contribution in [3.63, 3.8) is 0 Å². The first-order valence-corrected chi connectivity index (χ1v) is 6.76. The van der Waals surface area contributed by atoms with Crippen LogP contribution in [0.2, 0.25) is 0 Å². The van der Waals surface area contributed by atoms with E-state index in [1.54, 1.807) is 0 Å². The van der Waals surface area contributed by atoms with Crippen molar-refractivity contribution in [2.45, 2.75) is 44.6 Å². The summed E-state index contributed by atoms with van der Waals surface area (Å²) in [6, 6.07) is -0.564. The Labute approximate surface area is 118 Å². The number of ether oxygens (including phenoxy) is 1. The molecule has 2 atom stereocenters. The summed E-state index contributed by atoms with van der Waals surface area (Å²) in [6.07, 6.45) is 2.65. The highest BCUT2D eigenvalue weighted by molar-refractivity contribution is 5.86. The Hall–Kier alpha value is -1.79. The van der Waals surface area contributed by atoms with Gasteiger partial charge in [0, 0.05) is 6.54 Å². The number of methoxy groups -OCH3 is 1. The molecule has 0 aromatic carbocycles. The molecule has 0 bridgehead atoms. The summed E-state index contributed by atoms with van der Waals surface area (Å²) in [5.41, 5.74) is -1.20. The average Bonchev–Trinajstić information content (AvgIpc) is 2.38. The van der Waals surface area contributed by atoms with Crippen LogP contribution in [0.3, 0.4) is 0 Å². The van der Waals surface area contributed by atoms with Crippen molar-refractivity contribution in [1.82, 2.24) is 10.6 Å². The normalized spacial score (nSPS) is 25.6. The van der Waals surface area contributed by atoms with E-state index in [0.29, 0.717) is 12.8 Å². The van der Waals surface area contributed by atoms with Crippen molar-refractivity contribution >= 4 is 18.0 Å². The highest BCUT2D eigenvalue weighted by atomic mass is 16.5. The van der Waals surface area contributed by atoms with Gasteiger partial charge < -0.3 is 20.5 Å². The molecule has 1 saturated carbocycles. The largest absolute Gasteiger partial charge is 0.480 e. The number of urea groups is 1. The lowest BCUT2D eigenvalue weighted by Crippen LogP contribution is -2.59. The van der Waals surface area contributed by atoms with E-state index in [0.717, 1.165) is 12.8 Å². The first-order chi connectivity index (χ1) is 9.39. The zero-order chi connectivity index (χ0) is 15.2. The van der Waals surface area contributed by atoms with Gasteiger partial charge in [0.05, 0.1) is 13.5 Å². The van der Waals surface area contributed by atoms with Gasteiger partial charge in [-0.05, 0) is 18.8 Å². The molecule has 1 fully saturated rings. The van der Waals surface area contributed by atoms with E-state index in [9.17, 15) is 19.5 Å². The number of hydrogen-bond acceptors (Lipinski definition) is 4. The molecule has 0 radical (unpaired) electrons. The van der Waals surface area contributed by atoms with E-state index in [1.165, 1.54) is 7.11 Å². The molecule has 1 aliphatic rings. The van der Waals surface area contributed by atoms with Crippen LogP contribution >= 0.6 is 0 Å². The molecule has 0 aromatic heterocycles. The summed E-state index contributed by atoms with van der Waals surface area (Å²) in [5.74, 6) is -1.17. The van der Waals surface area contributed by atoms with Gasteiger partial charge in [-0.25, -0.2) is 9.59 Å². The van der Waals surface area contributed by atoms with E-state index in [4.69, 9.17) is 0 Å². The number of esters is 1. The maximum absolute atomic E-state index is 11.8. The van der Waals surface area contributed by atoms with Crippen molar-refractivity contribution in [2.24, 2.45) is 5.92 Å². The van der Waals surface area contributed by atoms with Crippen LogP contribution in [0.15, 0.2) is 0 Å². The summed E-state index contributed by atoms with van der Waals surface area (Å²) >= 11 is 0. The predicted octanol–water partition coefficient (Wildman–Crippen LogP) is 0.882. The minimum atomic E-state index is -1.20. The lowest BCUT2D eigenvalue weighted by Gasteiger charge is -2.36. The fourth-order valence-corrected chi connectivity index (χ4v) is 2.55. The molecule has 0 aromatic rings. The second-order valence-electron chi connectivity index (χ2n) is 5.30. The third-order valence-electron chi connectivity index (χ3n) is 3.60. The highest BCUT2D eigenvalue weighted by Gasteiger charge is 2.43. The van der Waals surface area contributed by atoms with Crippen LogP contribution < -0.4 is 10.6 Å². The first kappa shape index (κ1) is 16.3. The molecule has 1 rings (SSSR count). The molecule has 7 nitrogen and oxygen atoms in total. The van der Waals surface area contributed by atoms with Gasteiger partial charge >= 0.3 is 18.0 Å². The Kier molecular flexibility index (Phi) is 5.79. The van der Waals surface area contributed by atoms with Gasteiger partial charge in [-0.2, -0.15) is 0 Å². The van der Waals surface area contributed by atoms with E-state index in [-0.39, 0.29) is 18.9 Å². The van der Waals surface area contributed by atoms with Gasteiger partial charge in [-0.1, -0.05) is 19.8 Å². The van der Waals surface area contributed by atoms with Crippen LogP contribution in [0.25, 0.3) is 0 Å². The van der Waals surface area contributed by atoms with E-state index < -0.39 is 23.5 Å². The minimum absolute atomic E-state index is 0.0559. The molecular formula is C13H22N2O5. The van der Waals surface area contributed by atoms with Crippen LogP contribution in [0.4, 0.5) is 4.79 Å². The number of carbonyl (C=O) groups excluding carboxylic acids is 2. The molecule has 0 spiro atoms. The monoisotopic (exact) mass is 286 g/mol. The van der Waals surface area contributed by atoms with Gasteiger partial charge in [0.2, 0.25) is 0 Å². The Bertz CT molecular complexity index is 385. The van der Waals surface area contributed by atoms with Crippen molar-refractivity contribution < 1.29 is 24.2 Å². The number of carbonyl (C=O) groups is 3. The summed E-state index contributed by atoms with van der Waals surface area (Å²) in [7, 11) is 1.27. The molecule has 20 heavy (non-hydrogen) atoms. The molecule has 0 heterocycles. The van der Waals surface area contributed by atoms with Crippen molar-refractivity contribution in [2.75, 3.05) is 13.7 Å². The Morgan fingerprint density at radius 3 is 2.65 bits per heavy atom. The van der Waals surface area contributed by atoms with Crippen molar-refractivity contribution in [1.29, 1.82) is 0 Å². The van der Waals surface area contributed by atoms with Gasteiger partial charge in [0.25, 0.3) is 0 Å². The van der Waals surface area contributed by atoms with E-state index >= 15 is 0 Å². The smallest absolute Gasteiger partial charge is 0.329 e. The van der Waals surface area contributed by atoms with Gasteiger partial charge in [-0.15, -0.1) is 0 Å². The molecule has 1 aliphatic carbocycles. The van der Waals surface area contributed by atoms with Gasteiger partial charge in [0.15, 0.2) is 0 Å². The molecule has 114 valence electrons. The standard InChI is InChI=1S/C13H22N2O5/c1-9-4-3-6-13(8-9,11(17)18)15-12(19)14-7-5-10(16)20-2/h9H,3-8H2,1-2H3,(H,17,18)(H2,14,15,19). The Morgan fingerprint density at radius 2 is 2.10 bits per heavy atom. The molecule has 2 amide bonds. The predicted molar refractivity (Wildman–Crippen MR) is 71.2 cm³/mol. The highest BCUT2D eigenvalue weighted by Crippen LogP contribution is 2.32. The molecule has 0 saturated heterocycles. The summed E-state index contributed by atoms with van der Waals surface area (Å²) in [4.78, 5) is 34.1. The van der Waals surface area contributed by atoms with Crippen LogP contribution in [0.1, 0.15) is 39.0 Å². The lowest BCUT2D eigenvalue weighted by atomic mass is 9.76. The summed E-state index contributed by atoms with van der Waals surface area (Å²) in [6.45, 7) is 2.09. The van der Waals surface area contributed by atoms with Gasteiger partial charge in [0.1, 0.15) is 5.54 Å². The zero-order valence-corrected chi connectivity index (χ0v) is 11.9. The molecule has 7 heteroatoms. The maximum Gasteiger partial charge on any atom is 0.329 e. The SMILES string of the molecule is COC(=O)CCNC(=O)NC1(C(=O)O)CCCC(C)C1. The summed E-state index contributed by atoms with van der Waals surface area (Å²) < 4.78 is 4.45.